The van der Waals surface area contributed by atoms with Crippen molar-refractivity contribution in [2.75, 3.05) is 0 Å². The molecule has 0 aliphatic heterocycles. The Bertz CT molecular complexity index is 626. The second-order valence-electron chi connectivity index (χ2n) is 3.39. The first-order valence-corrected chi connectivity index (χ1v) is 7.71. The monoisotopic (exact) mass is 445 g/mol. The molecule has 0 amide bonds. The van der Waals surface area contributed by atoms with Gasteiger partial charge in [-0.3, -0.25) is 0 Å². The van der Waals surface area contributed by atoms with E-state index >= 15 is 0 Å². The molecule has 0 aliphatic carbocycles. The molecule has 2 aromatic carbocycles. The average Bonchev–Trinajstić information content (AvgIpc) is 2.30. The molecule has 1 radical (unpaired) electrons. The topological polar surface area (TPSA) is 0 Å². The summed E-state index contributed by atoms with van der Waals surface area (Å²) in [6, 6.07) is 7.85. The molecular formula is C12H3Br2Cl4. The van der Waals surface area contributed by atoms with E-state index in [1.165, 1.54) is 0 Å². The highest BCUT2D eigenvalue weighted by Gasteiger charge is 2.16. The van der Waals surface area contributed by atoms with Crippen molar-refractivity contribution in [1.82, 2.24) is 0 Å². The molecule has 2 rings (SSSR count). The van der Waals surface area contributed by atoms with Gasteiger partial charge >= 0.3 is 0 Å². The van der Waals surface area contributed by atoms with Crippen LogP contribution in [0, 0.1) is 6.07 Å². The normalized spacial score (nSPS) is 10.8. The molecule has 0 atom stereocenters. The predicted molar refractivity (Wildman–Crippen MR) is 86.2 cm³/mol. The largest absolute Gasteiger partial charge is 0.0843 e. The maximum atomic E-state index is 6.19. The third kappa shape index (κ3) is 2.84. The first-order valence-electron chi connectivity index (χ1n) is 4.62. The van der Waals surface area contributed by atoms with Crippen LogP contribution in [0.5, 0.6) is 0 Å². The summed E-state index contributed by atoms with van der Waals surface area (Å²) in [6.45, 7) is 0. The lowest BCUT2D eigenvalue weighted by Gasteiger charge is -2.12. The van der Waals surface area contributed by atoms with Gasteiger partial charge in [0, 0.05) is 31.2 Å². The first-order chi connectivity index (χ1) is 8.41. The second-order valence-corrected chi connectivity index (χ2v) is 6.60. The van der Waals surface area contributed by atoms with Crippen molar-refractivity contribution >= 4 is 78.3 Å². The third-order valence-electron chi connectivity index (χ3n) is 2.24. The standard InChI is InChI=1S/C12H3Br2Cl4/c13-11-6(3-5(15)4-9(11)18)10-7(16)1-2-8(17)12(10)14/h1,3-4H. The molecule has 0 saturated heterocycles. The lowest BCUT2D eigenvalue weighted by atomic mass is 10.1. The quantitative estimate of drug-likeness (QED) is 0.402. The highest BCUT2D eigenvalue weighted by Crippen LogP contribution is 2.44. The summed E-state index contributed by atoms with van der Waals surface area (Å²) in [5.41, 5.74) is 1.48. The number of rotatable bonds is 1. The number of hydrogen-bond acceptors (Lipinski definition) is 0. The van der Waals surface area contributed by atoms with Crippen molar-refractivity contribution in [2.45, 2.75) is 0 Å². The van der Waals surface area contributed by atoms with Gasteiger partial charge in [0.1, 0.15) is 0 Å². The fourth-order valence-corrected chi connectivity index (χ4v) is 3.44. The van der Waals surface area contributed by atoms with Crippen LogP contribution in [0.1, 0.15) is 0 Å². The molecule has 0 aromatic heterocycles. The number of hydrogen-bond donors (Lipinski definition) is 0. The number of halogens is 6. The smallest absolute Gasteiger partial charge is 0.0634 e. The zero-order chi connectivity index (χ0) is 13.4. The minimum Gasteiger partial charge on any atom is -0.0843 e. The van der Waals surface area contributed by atoms with E-state index in [0.717, 1.165) is 11.1 Å². The van der Waals surface area contributed by atoms with E-state index in [1.54, 1.807) is 18.2 Å². The molecule has 0 heterocycles. The summed E-state index contributed by atoms with van der Waals surface area (Å²) in [4.78, 5) is 0. The Morgan fingerprint density at radius 2 is 1.56 bits per heavy atom. The van der Waals surface area contributed by atoms with Crippen LogP contribution in [0.2, 0.25) is 20.1 Å². The zero-order valence-electron chi connectivity index (χ0n) is 8.50. The van der Waals surface area contributed by atoms with Gasteiger partial charge in [0.05, 0.1) is 15.1 Å². The van der Waals surface area contributed by atoms with Crippen molar-refractivity contribution in [2.24, 2.45) is 0 Å². The number of benzene rings is 2. The van der Waals surface area contributed by atoms with Crippen molar-refractivity contribution in [3.05, 3.63) is 53.3 Å². The summed E-state index contributed by atoms with van der Waals surface area (Å²) >= 11 is 31.1. The summed E-state index contributed by atoms with van der Waals surface area (Å²) in [6.07, 6.45) is 0. The molecule has 0 N–H and O–H groups in total. The fraction of sp³-hybridized carbons (Fsp3) is 0. The van der Waals surface area contributed by atoms with Gasteiger partial charge in [-0.25, -0.2) is 0 Å². The van der Waals surface area contributed by atoms with Crippen LogP contribution in [0.25, 0.3) is 11.1 Å². The van der Waals surface area contributed by atoms with Crippen LogP contribution in [-0.4, -0.2) is 0 Å². The Kier molecular flexibility index (Phi) is 4.91. The second kappa shape index (κ2) is 5.90. The van der Waals surface area contributed by atoms with Crippen LogP contribution >= 0.6 is 78.3 Å². The Hall–Kier alpha value is 0.560. The van der Waals surface area contributed by atoms with Gasteiger partial charge in [-0.05, 0) is 50.1 Å². The van der Waals surface area contributed by atoms with Crippen LogP contribution in [0.3, 0.4) is 0 Å². The van der Waals surface area contributed by atoms with Gasteiger partial charge in [-0.1, -0.05) is 46.4 Å². The van der Waals surface area contributed by atoms with Gasteiger partial charge in [-0.15, -0.1) is 0 Å². The van der Waals surface area contributed by atoms with E-state index in [-0.39, 0.29) is 0 Å². The van der Waals surface area contributed by atoms with Crippen molar-refractivity contribution in [3.63, 3.8) is 0 Å². The lowest BCUT2D eigenvalue weighted by Crippen LogP contribution is -1.86. The molecule has 0 unspecified atom stereocenters. The average molecular weight is 449 g/mol. The summed E-state index contributed by atoms with van der Waals surface area (Å²) < 4.78 is 1.36. The van der Waals surface area contributed by atoms with E-state index in [1.807, 2.05) is 0 Å². The Morgan fingerprint density at radius 3 is 2.22 bits per heavy atom. The maximum Gasteiger partial charge on any atom is 0.0634 e. The molecular weight excluding hydrogens is 446 g/mol. The van der Waals surface area contributed by atoms with Crippen LogP contribution in [0.4, 0.5) is 0 Å². The molecule has 0 bridgehead atoms. The van der Waals surface area contributed by atoms with E-state index in [4.69, 9.17) is 46.4 Å². The van der Waals surface area contributed by atoms with Crippen molar-refractivity contribution in [3.8, 4) is 11.1 Å². The third-order valence-corrected chi connectivity index (χ3v) is 5.46. The fourth-order valence-electron chi connectivity index (χ4n) is 1.46. The summed E-state index contributed by atoms with van der Waals surface area (Å²) in [5, 5.41) is 1.97. The minimum absolute atomic E-state index is 0.442. The molecule has 6 heteroatoms. The highest BCUT2D eigenvalue weighted by atomic mass is 79.9. The lowest BCUT2D eigenvalue weighted by molar-refractivity contribution is 1.55. The van der Waals surface area contributed by atoms with E-state index in [2.05, 4.69) is 37.9 Å². The molecule has 0 aliphatic rings. The molecule has 0 saturated carbocycles. The minimum atomic E-state index is 0.442. The molecule has 0 nitrogen and oxygen atoms in total. The van der Waals surface area contributed by atoms with Crippen molar-refractivity contribution < 1.29 is 0 Å². The SMILES string of the molecule is Clc1cc(Cl)c(Br)c(-c2c(Cl)c[c]c(Cl)c2Br)c1. The Morgan fingerprint density at radius 1 is 0.889 bits per heavy atom. The van der Waals surface area contributed by atoms with Crippen LogP contribution in [-0.2, 0) is 0 Å². The Labute approximate surface area is 141 Å². The molecule has 0 spiro atoms. The van der Waals surface area contributed by atoms with E-state index < -0.39 is 0 Å². The maximum absolute atomic E-state index is 6.19. The van der Waals surface area contributed by atoms with Crippen LogP contribution < -0.4 is 0 Å². The Balaban J connectivity index is 2.81. The highest BCUT2D eigenvalue weighted by molar-refractivity contribution is 9.11. The van der Waals surface area contributed by atoms with E-state index in [0.29, 0.717) is 29.0 Å². The van der Waals surface area contributed by atoms with E-state index in [9.17, 15) is 0 Å². The van der Waals surface area contributed by atoms with Gasteiger partial charge < -0.3 is 0 Å². The zero-order valence-corrected chi connectivity index (χ0v) is 14.7. The van der Waals surface area contributed by atoms with Gasteiger partial charge in [0.2, 0.25) is 0 Å². The molecule has 2 aromatic rings. The molecule has 93 valence electrons. The molecule has 18 heavy (non-hydrogen) atoms. The van der Waals surface area contributed by atoms with Gasteiger partial charge in [0.15, 0.2) is 0 Å². The van der Waals surface area contributed by atoms with Crippen molar-refractivity contribution in [1.29, 1.82) is 0 Å². The molecule has 0 fully saturated rings. The summed E-state index contributed by atoms with van der Waals surface area (Å²) in [5.74, 6) is 0. The van der Waals surface area contributed by atoms with Gasteiger partial charge in [-0.2, -0.15) is 0 Å². The van der Waals surface area contributed by atoms with Gasteiger partial charge in [0.25, 0.3) is 0 Å². The first kappa shape index (κ1) is 15.0. The summed E-state index contributed by atoms with van der Waals surface area (Å²) in [7, 11) is 0. The van der Waals surface area contributed by atoms with Crippen LogP contribution in [0.15, 0.2) is 27.1 Å². The predicted octanol–water partition coefficient (Wildman–Crippen LogP) is 7.29.